The molecule has 0 unspecified atom stereocenters. The minimum atomic E-state index is -0.495. The van der Waals surface area contributed by atoms with Crippen molar-refractivity contribution >= 4 is 23.5 Å². The molecule has 0 atom stereocenters. The van der Waals surface area contributed by atoms with Crippen LogP contribution >= 0.6 is 0 Å². The third kappa shape index (κ3) is 5.08. The van der Waals surface area contributed by atoms with Gasteiger partial charge in [0.1, 0.15) is 0 Å². The average Bonchev–Trinajstić information content (AvgIpc) is 2.83. The largest absolute Gasteiger partial charge is 0.493 e. The van der Waals surface area contributed by atoms with Crippen molar-refractivity contribution in [1.82, 2.24) is 5.43 Å². The van der Waals surface area contributed by atoms with Crippen LogP contribution in [0.5, 0.6) is 17.2 Å². The molecular weight excluding hydrogens is 416 g/mol. The van der Waals surface area contributed by atoms with Crippen LogP contribution in [0.3, 0.4) is 0 Å². The van der Waals surface area contributed by atoms with Gasteiger partial charge in [-0.15, -0.1) is 0 Å². The summed E-state index contributed by atoms with van der Waals surface area (Å²) < 4.78 is 15.8. The van der Waals surface area contributed by atoms with Gasteiger partial charge >= 0.3 is 0 Å². The number of nitro benzene ring substituents is 1. The summed E-state index contributed by atoms with van der Waals surface area (Å²) in [6.07, 6.45) is 4.71. The summed E-state index contributed by atoms with van der Waals surface area (Å²) in [4.78, 5) is 25.6. The van der Waals surface area contributed by atoms with E-state index < -0.39 is 10.8 Å². The molecule has 1 aliphatic rings. The molecule has 1 fully saturated rings. The highest BCUT2D eigenvalue weighted by Gasteiger charge is 2.18. The van der Waals surface area contributed by atoms with Gasteiger partial charge in [0.25, 0.3) is 11.6 Å². The summed E-state index contributed by atoms with van der Waals surface area (Å²) in [6, 6.07) is 7.69. The lowest BCUT2D eigenvalue weighted by Crippen LogP contribution is -2.30. The van der Waals surface area contributed by atoms with Gasteiger partial charge in [-0.05, 0) is 37.5 Å². The molecule has 3 rings (SSSR count). The van der Waals surface area contributed by atoms with Gasteiger partial charge in [-0.25, -0.2) is 5.43 Å². The molecule has 1 N–H and O–H groups in total. The summed E-state index contributed by atoms with van der Waals surface area (Å²) in [5, 5.41) is 15.3. The summed E-state index contributed by atoms with van der Waals surface area (Å²) >= 11 is 0. The molecule has 170 valence electrons. The fourth-order valence-corrected chi connectivity index (χ4v) is 3.62. The lowest BCUT2D eigenvalue weighted by Gasteiger charge is -2.29. The topological polar surface area (TPSA) is 116 Å². The molecule has 1 amide bonds. The molecule has 32 heavy (non-hydrogen) atoms. The molecule has 0 radical (unpaired) electrons. The van der Waals surface area contributed by atoms with Crippen LogP contribution in [0.4, 0.5) is 11.4 Å². The van der Waals surface area contributed by atoms with Crippen LogP contribution in [0.2, 0.25) is 0 Å². The van der Waals surface area contributed by atoms with Crippen molar-refractivity contribution in [3.8, 4) is 17.2 Å². The second-order valence-corrected chi connectivity index (χ2v) is 7.16. The Morgan fingerprint density at radius 2 is 1.72 bits per heavy atom. The molecule has 0 aliphatic carbocycles. The number of hydrogen-bond donors (Lipinski definition) is 1. The minimum Gasteiger partial charge on any atom is -0.493 e. The number of methoxy groups -OCH3 is 3. The van der Waals surface area contributed by atoms with Crippen LogP contribution in [0.15, 0.2) is 35.4 Å². The average molecular weight is 442 g/mol. The first-order chi connectivity index (χ1) is 15.5. The van der Waals surface area contributed by atoms with Crippen molar-refractivity contribution in [1.29, 1.82) is 0 Å². The van der Waals surface area contributed by atoms with E-state index in [0.29, 0.717) is 22.8 Å². The standard InChI is InChI=1S/C22H26N4O6/c1-30-19-12-15(13-20(31-2)21(19)32-3)22(27)24-23-14-16-11-17(26(28)29)7-8-18(16)25-9-5-4-6-10-25/h7-8,11-14H,4-6,9-10H2,1-3H3,(H,24,27)/b23-14-. The molecule has 10 nitrogen and oxygen atoms in total. The molecule has 0 bridgehead atoms. The second kappa shape index (κ2) is 10.5. The first-order valence-corrected chi connectivity index (χ1v) is 10.1. The molecule has 1 heterocycles. The number of carbonyl (C=O) groups is 1. The maximum atomic E-state index is 12.6. The quantitative estimate of drug-likeness (QED) is 0.378. The lowest BCUT2D eigenvalue weighted by atomic mass is 10.1. The zero-order valence-corrected chi connectivity index (χ0v) is 18.3. The van der Waals surface area contributed by atoms with E-state index >= 15 is 0 Å². The van der Waals surface area contributed by atoms with Gasteiger partial charge in [-0.3, -0.25) is 14.9 Å². The Kier molecular flexibility index (Phi) is 7.48. The van der Waals surface area contributed by atoms with Crippen LogP contribution in [0.1, 0.15) is 35.2 Å². The van der Waals surface area contributed by atoms with Crippen molar-refractivity contribution in [3.05, 3.63) is 51.6 Å². The Hall–Kier alpha value is -3.82. The van der Waals surface area contributed by atoms with Gasteiger partial charge in [0.2, 0.25) is 5.75 Å². The van der Waals surface area contributed by atoms with Crippen molar-refractivity contribution < 1.29 is 23.9 Å². The zero-order valence-electron chi connectivity index (χ0n) is 18.3. The Morgan fingerprint density at radius 1 is 1.06 bits per heavy atom. The van der Waals surface area contributed by atoms with E-state index in [0.717, 1.165) is 38.0 Å². The van der Waals surface area contributed by atoms with E-state index in [1.165, 1.54) is 51.8 Å². The number of non-ortho nitro benzene ring substituents is 1. The molecule has 0 aromatic heterocycles. The minimum absolute atomic E-state index is 0.0387. The van der Waals surface area contributed by atoms with Gasteiger partial charge in [0, 0.05) is 42.0 Å². The molecule has 0 spiro atoms. The van der Waals surface area contributed by atoms with E-state index in [2.05, 4.69) is 15.4 Å². The van der Waals surface area contributed by atoms with Crippen LogP contribution in [0.25, 0.3) is 0 Å². The highest BCUT2D eigenvalue weighted by atomic mass is 16.6. The van der Waals surface area contributed by atoms with E-state index in [-0.39, 0.29) is 11.3 Å². The van der Waals surface area contributed by atoms with Crippen molar-refractivity contribution in [2.75, 3.05) is 39.3 Å². The number of benzene rings is 2. The fraction of sp³-hybridized carbons (Fsp3) is 0.364. The third-order valence-corrected chi connectivity index (χ3v) is 5.22. The van der Waals surface area contributed by atoms with Gasteiger partial charge in [0.05, 0.1) is 32.5 Å². The number of nitrogens with zero attached hydrogens (tertiary/aromatic N) is 3. The molecule has 2 aromatic carbocycles. The molecular formula is C22H26N4O6. The molecule has 0 saturated carbocycles. The van der Waals surface area contributed by atoms with E-state index in [1.807, 2.05) is 0 Å². The lowest BCUT2D eigenvalue weighted by molar-refractivity contribution is -0.384. The van der Waals surface area contributed by atoms with E-state index in [9.17, 15) is 14.9 Å². The highest BCUT2D eigenvalue weighted by Crippen LogP contribution is 2.38. The Bertz CT molecular complexity index is 992. The van der Waals surface area contributed by atoms with Crippen LogP contribution in [-0.4, -0.2) is 51.5 Å². The normalized spacial score (nSPS) is 13.7. The number of carbonyl (C=O) groups excluding carboxylic acids is 1. The zero-order chi connectivity index (χ0) is 23.1. The number of rotatable bonds is 8. The van der Waals surface area contributed by atoms with Crippen LogP contribution in [-0.2, 0) is 0 Å². The maximum Gasteiger partial charge on any atom is 0.271 e. The molecule has 2 aromatic rings. The highest BCUT2D eigenvalue weighted by molar-refractivity contribution is 5.97. The number of hydrazone groups is 1. The Labute approximate surface area is 185 Å². The van der Waals surface area contributed by atoms with Gasteiger partial charge in [-0.1, -0.05) is 0 Å². The van der Waals surface area contributed by atoms with Crippen LogP contribution in [0, 0.1) is 10.1 Å². The number of anilines is 1. The van der Waals surface area contributed by atoms with Gasteiger partial charge in [0.15, 0.2) is 11.5 Å². The monoisotopic (exact) mass is 442 g/mol. The third-order valence-electron chi connectivity index (χ3n) is 5.22. The summed E-state index contributed by atoms with van der Waals surface area (Å²) in [5.41, 5.74) is 4.08. The second-order valence-electron chi connectivity index (χ2n) is 7.16. The SMILES string of the molecule is COc1cc(C(=O)N/N=C\c2cc([N+](=O)[O-])ccc2N2CCCCC2)cc(OC)c1OC. The molecule has 10 heteroatoms. The number of nitrogens with one attached hydrogen (secondary N) is 1. The van der Waals surface area contributed by atoms with Crippen molar-refractivity contribution in [2.45, 2.75) is 19.3 Å². The summed E-state index contributed by atoms with van der Waals surface area (Å²) in [6.45, 7) is 1.74. The Morgan fingerprint density at radius 3 is 2.28 bits per heavy atom. The van der Waals surface area contributed by atoms with Gasteiger partial charge < -0.3 is 19.1 Å². The molecule has 1 aliphatic heterocycles. The summed E-state index contributed by atoms with van der Waals surface area (Å²) in [7, 11) is 4.40. The smallest absolute Gasteiger partial charge is 0.271 e. The predicted molar refractivity (Wildman–Crippen MR) is 120 cm³/mol. The first-order valence-electron chi connectivity index (χ1n) is 10.1. The number of amides is 1. The predicted octanol–water partition coefficient (Wildman–Crippen LogP) is 3.37. The van der Waals surface area contributed by atoms with E-state index in [1.54, 1.807) is 6.07 Å². The Balaban J connectivity index is 1.84. The van der Waals surface area contributed by atoms with Crippen molar-refractivity contribution in [2.24, 2.45) is 5.10 Å². The fourth-order valence-electron chi connectivity index (χ4n) is 3.62. The number of nitro groups is 1. The van der Waals surface area contributed by atoms with Gasteiger partial charge in [-0.2, -0.15) is 5.10 Å². The number of hydrogen-bond acceptors (Lipinski definition) is 8. The van der Waals surface area contributed by atoms with E-state index in [4.69, 9.17) is 14.2 Å². The van der Waals surface area contributed by atoms with Crippen molar-refractivity contribution in [3.63, 3.8) is 0 Å². The van der Waals surface area contributed by atoms with Crippen LogP contribution < -0.4 is 24.5 Å². The summed E-state index contributed by atoms with van der Waals surface area (Å²) in [5.74, 6) is 0.558. The number of ether oxygens (including phenoxy) is 3. The maximum absolute atomic E-state index is 12.6. The molecule has 1 saturated heterocycles. The first kappa shape index (κ1) is 22.9. The number of piperidine rings is 1.